The molecule has 2 N–H and O–H groups in total. The molecule has 0 bridgehead atoms. The Hall–Kier alpha value is -2.44. The van der Waals surface area contributed by atoms with E-state index < -0.39 is 0 Å². The summed E-state index contributed by atoms with van der Waals surface area (Å²) in [6.45, 7) is 8.30. The monoisotopic (exact) mass is 327 g/mol. The number of hydrogen-bond donors (Lipinski definition) is 2. The topological polar surface area (TPSA) is 80.0 Å². The third-order valence-electron chi connectivity index (χ3n) is 4.15. The van der Waals surface area contributed by atoms with E-state index in [0.717, 1.165) is 54.8 Å². The van der Waals surface area contributed by atoms with Crippen molar-refractivity contribution in [3.63, 3.8) is 0 Å². The molecule has 1 aliphatic heterocycles. The molecule has 0 amide bonds. The molecule has 3 rings (SSSR count). The number of hydrogen-bond acceptors (Lipinski definition) is 4. The van der Waals surface area contributed by atoms with Gasteiger partial charge in [-0.2, -0.15) is 5.10 Å². The fourth-order valence-corrected chi connectivity index (χ4v) is 2.90. The third-order valence-corrected chi connectivity index (χ3v) is 4.15. The predicted octanol–water partition coefficient (Wildman–Crippen LogP) is 1.36. The van der Waals surface area contributed by atoms with E-state index in [0.29, 0.717) is 12.6 Å². The zero-order valence-electron chi connectivity index (χ0n) is 14.6. The molecule has 0 spiro atoms. The molecule has 7 nitrogen and oxygen atoms in total. The van der Waals surface area contributed by atoms with Crippen molar-refractivity contribution in [2.24, 2.45) is 4.99 Å². The van der Waals surface area contributed by atoms with E-state index in [-0.39, 0.29) is 0 Å². The SMILES string of the molecule is CCNC(=NCc1ncccc1C)NC1CCc2nc(C)nn2C1. The number of guanidine groups is 1. The molecule has 2 aromatic rings. The highest BCUT2D eigenvalue weighted by molar-refractivity contribution is 5.80. The van der Waals surface area contributed by atoms with Crippen molar-refractivity contribution >= 4 is 5.96 Å². The molecule has 128 valence electrons. The van der Waals surface area contributed by atoms with Crippen LogP contribution >= 0.6 is 0 Å². The Labute approximate surface area is 142 Å². The van der Waals surface area contributed by atoms with Gasteiger partial charge in [0.1, 0.15) is 11.6 Å². The van der Waals surface area contributed by atoms with Crippen LogP contribution in [0, 0.1) is 13.8 Å². The molecule has 0 radical (unpaired) electrons. The average Bonchev–Trinajstić information content (AvgIpc) is 2.93. The minimum atomic E-state index is 0.307. The van der Waals surface area contributed by atoms with Crippen molar-refractivity contribution in [3.8, 4) is 0 Å². The van der Waals surface area contributed by atoms with E-state index in [9.17, 15) is 0 Å². The highest BCUT2D eigenvalue weighted by Gasteiger charge is 2.21. The van der Waals surface area contributed by atoms with E-state index in [1.807, 2.05) is 23.9 Å². The molecule has 3 heterocycles. The van der Waals surface area contributed by atoms with Crippen LogP contribution < -0.4 is 10.6 Å². The van der Waals surface area contributed by atoms with Crippen LogP contribution in [0.3, 0.4) is 0 Å². The molecular weight excluding hydrogens is 302 g/mol. The van der Waals surface area contributed by atoms with E-state index in [1.165, 1.54) is 0 Å². The number of nitrogens with one attached hydrogen (secondary N) is 2. The summed E-state index contributed by atoms with van der Waals surface area (Å²) in [6, 6.07) is 4.32. The van der Waals surface area contributed by atoms with Crippen LogP contribution in [0.5, 0.6) is 0 Å². The molecule has 1 atom stereocenters. The van der Waals surface area contributed by atoms with Gasteiger partial charge in [0.15, 0.2) is 5.96 Å². The second-order valence-corrected chi connectivity index (χ2v) is 6.10. The number of rotatable bonds is 4. The first-order valence-electron chi connectivity index (χ1n) is 8.51. The molecule has 0 fully saturated rings. The van der Waals surface area contributed by atoms with Gasteiger partial charge in [-0.3, -0.25) is 4.98 Å². The largest absolute Gasteiger partial charge is 0.357 e. The Morgan fingerprint density at radius 1 is 1.42 bits per heavy atom. The molecule has 0 aliphatic carbocycles. The van der Waals surface area contributed by atoms with Crippen LogP contribution in [0.15, 0.2) is 23.3 Å². The quantitative estimate of drug-likeness (QED) is 0.655. The smallest absolute Gasteiger partial charge is 0.191 e. The van der Waals surface area contributed by atoms with Crippen LogP contribution in [0.4, 0.5) is 0 Å². The van der Waals surface area contributed by atoms with Gasteiger partial charge < -0.3 is 10.6 Å². The maximum Gasteiger partial charge on any atom is 0.191 e. The van der Waals surface area contributed by atoms with Gasteiger partial charge in [-0.25, -0.2) is 14.7 Å². The van der Waals surface area contributed by atoms with Crippen LogP contribution in [0.2, 0.25) is 0 Å². The molecule has 1 unspecified atom stereocenters. The second-order valence-electron chi connectivity index (χ2n) is 6.10. The van der Waals surface area contributed by atoms with Crippen molar-refractivity contribution in [2.45, 2.75) is 52.7 Å². The number of aryl methyl sites for hydroxylation is 3. The zero-order valence-corrected chi connectivity index (χ0v) is 14.6. The van der Waals surface area contributed by atoms with Crippen molar-refractivity contribution in [2.75, 3.05) is 6.54 Å². The Balaban J connectivity index is 1.66. The Bertz CT molecular complexity index is 719. The number of pyridine rings is 1. The van der Waals surface area contributed by atoms with Gasteiger partial charge in [0.2, 0.25) is 0 Å². The Morgan fingerprint density at radius 3 is 3.08 bits per heavy atom. The number of nitrogens with zero attached hydrogens (tertiary/aromatic N) is 5. The molecule has 0 saturated carbocycles. The van der Waals surface area contributed by atoms with Gasteiger partial charge in [0.05, 0.1) is 18.8 Å². The fourth-order valence-electron chi connectivity index (χ4n) is 2.90. The lowest BCUT2D eigenvalue weighted by Gasteiger charge is -2.25. The summed E-state index contributed by atoms with van der Waals surface area (Å²) in [5.41, 5.74) is 2.17. The summed E-state index contributed by atoms with van der Waals surface area (Å²) < 4.78 is 2.00. The zero-order chi connectivity index (χ0) is 16.9. The van der Waals surface area contributed by atoms with Gasteiger partial charge >= 0.3 is 0 Å². The normalized spacial score (nSPS) is 17.5. The highest BCUT2D eigenvalue weighted by atomic mass is 15.4. The predicted molar refractivity (Wildman–Crippen MR) is 93.8 cm³/mol. The van der Waals surface area contributed by atoms with Gasteiger partial charge in [-0.05, 0) is 38.8 Å². The molecule has 0 aromatic carbocycles. The minimum Gasteiger partial charge on any atom is -0.357 e. The third kappa shape index (κ3) is 3.90. The molecule has 1 aliphatic rings. The summed E-state index contributed by atoms with van der Waals surface area (Å²) in [4.78, 5) is 13.5. The van der Waals surface area contributed by atoms with E-state index in [2.05, 4.69) is 50.6 Å². The maximum atomic E-state index is 4.69. The molecule has 7 heteroatoms. The standard InChI is InChI=1S/C17H25N7/c1-4-18-17(20-10-15-12(2)6-5-9-19-15)22-14-7-8-16-21-13(3)23-24(16)11-14/h5-6,9,14H,4,7-8,10-11H2,1-3H3,(H2,18,20,22). The summed E-state index contributed by atoms with van der Waals surface area (Å²) in [5, 5.41) is 11.3. The molecule has 24 heavy (non-hydrogen) atoms. The second kappa shape index (κ2) is 7.42. The van der Waals surface area contributed by atoms with Crippen LogP contribution in [0.25, 0.3) is 0 Å². The fraction of sp³-hybridized carbons (Fsp3) is 0.529. The highest BCUT2D eigenvalue weighted by Crippen LogP contribution is 2.13. The molecular formula is C17H25N7. The summed E-state index contributed by atoms with van der Waals surface area (Å²) in [5.74, 6) is 2.75. The van der Waals surface area contributed by atoms with E-state index in [4.69, 9.17) is 0 Å². The lowest BCUT2D eigenvalue weighted by molar-refractivity contribution is 0.392. The number of aromatic nitrogens is 4. The van der Waals surface area contributed by atoms with E-state index >= 15 is 0 Å². The average molecular weight is 327 g/mol. The molecule has 0 saturated heterocycles. The summed E-state index contributed by atoms with van der Waals surface area (Å²) >= 11 is 0. The maximum absolute atomic E-state index is 4.69. The number of aliphatic imine (C=N–C) groups is 1. The van der Waals surface area contributed by atoms with E-state index in [1.54, 1.807) is 0 Å². The lowest BCUT2D eigenvalue weighted by Crippen LogP contribution is -2.47. The van der Waals surface area contributed by atoms with Crippen LogP contribution in [-0.2, 0) is 19.5 Å². The van der Waals surface area contributed by atoms with Crippen molar-refractivity contribution in [3.05, 3.63) is 41.2 Å². The summed E-state index contributed by atoms with van der Waals surface area (Å²) in [6.07, 6.45) is 3.79. The first-order chi connectivity index (χ1) is 11.7. The lowest BCUT2D eigenvalue weighted by atomic mass is 10.1. The summed E-state index contributed by atoms with van der Waals surface area (Å²) in [7, 11) is 0. The van der Waals surface area contributed by atoms with Crippen molar-refractivity contribution < 1.29 is 0 Å². The first-order valence-corrected chi connectivity index (χ1v) is 8.51. The van der Waals surface area contributed by atoms with Crippen molar-refractivity contribution in [1.29, 1.82) is 0 Å². The van der Waals surface area contributed by atoms with Crippen LogP contribution in [-0.4, -0.2) is 38.3 Å². The van der Waals surface area contributed by atoms with Crippen LogP contribution in [0.1, 0.15) is 36.3 Å². The van der Waals surface area contributed by atoms with Crippen molar-refractivity contribution in [1.82, 2.24) is 30.4 Å². The first kappa shape index (κ1) is 16.4. The minimum absolute atomic E-state index is 0.307. The molecule has 2 aromatic heterocycles. The number of fused-ring (bicyclic) bond motifs is 1. The Kier molecular flexibility index (Phi) is 5.08. The van der Waals surface area contributed by atoms with Gasteiger partial charge in [0, 0.05) is 25.2 Å². The van der Waals surface area contributed by atoms with Gasteiger partial charge in [-0.15, -0.1) is 0 Å². The Morgan fingerprint density at radius 2 is 2.29 bits per heavy atom. The van der Waals surface area contributed by atoms with Gasteiger partial charge in [-0.1, -0.05) is 6.07 Å². The van der Waals surface area contributed by atoms with Gasteiger partial charge in [0.25, 0.3) is 0 Å².